The van der Waals surface area contributed by atoms with Gasteiger partial charge in [-0.2, -0.15) is 0 Å². The number of ether oxygens (including phenoxy) is 1. The summed E-state index contributed by atoms with van der Waals surface area (Å²) in [5.41, 5.74) is 5.65. The number of alkyl carbamates (subject to hydrolysis) is 1. The maximum Gasteiger partial charge on any atom is 0.408 e. The Bertz CT molecular complexity index is 275. The number of rotatable bonds is 2. The minimum Gasteiger partial charge on any atom is -0.444 e. The van der Waals surface area contributed by atoms with Crippen LogP contribution in [0.4, 0.5) is 4.79 Å². The molecule has 0 spiro atoms. The van der Waals surface area contributed by atoms with E-state index >= 15 is 0 Å². The molecule has 0 aliphatic rings. The molecule has 2 amide bonds. The fourth-order valence-corrected chi connectivity index (χ4v) is 0.553. The van der Waals surface area contributed by atoms with Gasteiger partial charge in [-0.3, -0.25) is 4.79 Å². The van der Waals surface area contributed by atoms with Crippen LogP contribution in [0, 0.1) is 5.53 Å². The van der Waals surface area contributed by atoms with E-state index in [1.807, 2.05) is 0 Å². The summed E-state index contributed by atoms with van der Waals surface area (Å²) in [6.07, 6.45) is -0.703. The fraction of sp³-hybridized carbons (Fsp3) is 0.714. The number of carbonyl (C=O) groups is 2. The second-order valence-corrected chi connectivity index (χ2v) is 3.45. The fourth-order valence-electron chi connectivity index (χ4n) is 0.553. The first-order valence-corrected chi connectivity index (χ1v) is 3.92. The molecular formula is C7H13N4O3+. The Hall–Kier alpha value is -1.75. The van der Waals surface area contributed by atoms with E-state index in [9.17, 15) is 9.59 Å². The van der Waals surface area contributed by atoms with E-state index in [1.54, 1.807) is 20.8 Å². The third kappa shape index (κ3) is 6.93. The van der Waals surface area contributed by atoms with Gasteiger partial charge in [0.2, 0.25) is 4.91 Å². The van der Waals surface area contributed by atoms with E-state index in [0.717, 1.165) is 0 Å². The van der Waals surface area contributed by atoms with E-state index in [4.69, 9.17) is 10.3 Å². The first-order chi connectivity index (χ1) is 6.35. The Morgan fingerprint density at radius 2 is 2.07 bits per heavy atom. The highest BCUT2D eigenvalue weighted by Crippen LogP contribution is 2.05. The van der Waals surface area contributed by atoms with Crippen molar-refractivity contribution in [1.29, 1.82) is 5.53 Å². The molecular weight excluding hydrogens is 188 g/mol. The molecule has 0 aromatic heterocycles. The second-order valence-electron chi connectivity index (χ2n) is 3.45. The normalized spacial score (nSPS) is 9.93. The molecule has 0 heterocycles. The van der Waals surface area contributed by atoms with Crippen molar-refractivity contribution >= 4 is 12.0 Å². The van der Waals surface area contributed by atoms with E-state index in [-0.39, 0.29) is 6.54 Å². The van der Waals surface area contributed by atoms with Gasteiger partial charge in [-0.15, -0.1) is 0 Å². The molecule has 0 fully saturated rings. The van der Waals surface area contributed by atoms with Gasteiger partial charge in [0, 0.05) is 0 Å². The van der Waals surface area contributed by atoms with Gasteiger partial charge in [-0.05, 0) is 20.8 Å². The van der Waals surface area contributed by atoms with Crippen LogP contribution in [-0.2, 0) is 9.53 Å². The van der Waals surface area contributed by atoms with Crippen molar-refractivity contribution in [3.63, 3.8) is 0 Å². The van der Waals surface area contributed by atoms with Gasteiger partial charge in [0.05, 0.1) is 0 Å². The summed E-state index contributed by atoms with van der Waals surface area (Å²) in [6, 6.07) is 0. The lowest BCUT2D eigenvalue weighted by molar-refractivity contribution is -0.117. The van der Waals surface area contributed by atoms with Gasteiger partial charge in [0.25, 0.3) is 0 Å². The highest BCUT2D eigenvalue weighted by atomic mass is 16.6. The zero-order valence-electron chi connectivity index (χ0n) is 8.33. The number of hydrogen-bond acceptors (Lipinski definition) is 4. The molecule has 2 N–H and O–H groups in total. The maximum absolute atomic E-state index is 11.0. The van der Waals surface area contributed by atoms with Crippen LogP contribution in [0.15, 0.2) is 5.11 Å². The maximum atomic E-state index is 11.0. The topological polar surface area (TPSA) is 106 Å². The average molecular weight is 201 g/mol. The molecule has 0 aliphatic heterocycles. The predicted octanol–water partition coefficient (Wildman–Crippen LogP) is 0.588. The summed E-state index contributed by atoms with van der Waals surface area (Å²) in [7, 11) is 0. The smallest absolute Gasteiger partial charge is 0.408 e. The van der Waals surface area contributed by atoms with Crippen LogP contribution in [0.5, 0.6) is 0 Å². The van der Waals surface area contributed by atoms with E-state index in [2.05, 4.69) is 15.3 Å². The number of amides is 2. The largest absolute Gasteiger partial charge is 0.444 e. The van der Waals surface area contributed by atoms with E-state index in [0.29, 0.717) is 0 Å². The summed E-state index contributed by atoms with van der Waals surface area (Å²) >= 11 is 0. The van der Waals surface area contributed by atoms with Gasteiger partial charge in [0.15, 0.2) is 5.11 Å². The summed E-state index contributed by atoms with van der Waals surface area (Å²) in [5, 5.41) is 5.05. The molecule has 7 heteroatoms. The molecule has 0 rings (SSSR count). The number of hydrogen-bond donors (Lipinski definition) is 2. The van der Waals surface area contributed by atoms with Crippen molar-refractivity contribution in [3.8, 4) is 0 Å². The van der Waals surface area contributed by atoms with Gasteiger partial charge in [-0.1, -0.05) is 0 Å². The van der Waals surface area contributed by atoms with Gasteiger partial charge in [-0.25, -0.2) is 4.79 Å². The quantitative estimate of drug-likeness (QED) is 0.504. The monoisotopic (exact) mass is 201 g/mol. The van der Waals surface area contributed by atoms with Crippen LogP contribution in [0.3, 0.4) is 0 Å². The number of nitrogens with zero attached hydrogens (tertiary/aromatic N) is 2. The van der Waals surface area contributed by atoms with Crippen LogP contribution < -0.4 is 10.2 Å². The Kier molecular flexibility index (Phi) is 4.45. The van der Waals surface area contributed by atoms with Crippen molar-refractivity contribution < 1.29 is 14.3 Å². The molecule has 0 aromatic carbocycles. The summed E-state index contributed by atoms with van der Waals surface area (Å²) in [6.45, 7) is 4.80. The SMILES string of the molecule is CC(C)(C)OC(=O)NCC(=O)N=[N+]=N. The molecule has 0 bridgehead atoms. The summed E-state index contributed by atoms with van der Waals surface area (Å²) < 4.78 is 4.84. The van der Waals surface area contributed by atoms with Crippen molar-refractivity contribution in [2.75, 3.05) is 6.54 Å². The molecule has 0 radical (unpaired) electrons. The van der Waals surface area contributed by atoms with Crippen molar-refractivity contribution in [1.82, 2.24) is 10.2 Å². The molecule has 0 atom stereocenters. The second kappa shape index (κ2) is 5.08. The highest BCUT2D eigenvalue weighted by Gasteiger charge is 2.17. The highest BCUT2D eigenvalue weighted by molar-refractivity contribution is 5.82. The third-order valence-electron chi connectivity index (χ3n) is 0.944. The Morgan fingerprint density at radius 1 is 1.50 bits per heavy atom. The van der Waals surface area contributed by atoms with Gasteiger partial charge < -0.3 is 10.1 Å². The zero-order chi connectivity index (χ0) is 11.2. The van der Waals surface area contributed by atoms with Crippen molar-refractivity contribution in [2.45, 2.75) is 26.4 Å². The molecule has 0 saturated heterocycles. The molecule has 0 aromatic rings. The first-order valence-electron chi connectivity index (χ1n) is 3.92. The van der Waals surface area contributed by atoms with Crippen molar-refractivity contribution in [2.24, 2.45) is 5.11 Å². The molecule has 14 heavy (non-hydrogen) atoms. The van der Waals surface area contributed by atoms with Gasteiger partial charge in [0.1, 0.15) is 17.7 Å². The lowest BCUT2D eigenvalue weighted by atomic mass is 10.2. The Labute approximate surface area is 81.0 Å². The van der Waals surface area contributed by atoms with Crippen LogP contribution in [0.2, 0.25) is 0 Å². The van der Waals surface area contributed by atoms with Crippen LogP contribution in [-0.4, -0.2) is 24.1 Å². The van der Waals surface area contributed by atoms with E-state index in [1.165, 1.54) is 0 Å². The van der Waals surface area contributed by atoms with Crippen LogP contribution >= 0.6 is 0 Å². The minimum atomic E-state index is -0.703. The first kappa shape index (κ1) is 12.2. The molecule has 7 nitrogen and oxygen atoms in total. The summed E-state index contributed by atoms with van der Waals surface area (Å²) in [4.78, 5) is 24.1. The number of nitrogens with one attached hydrogen (secondary N) is 2. The zero-order valence-corrected chi connectivity index (χ0v) is 8.33. The molecule has 78 valence electrons. The molecule has 0 aliphatic carbocycles. The van der Waals surface area contributed by atoms with Crippen LogP contribution in [0.25, 0.3) is 0 Å². The van der Waals surface area contributed by atoms with Crippen LogP contribution in [0.1, 0.15) is 20.8 Å². The third-order valence-corrected chi connectivity index (χ3v) is 0.944. The number of carbonyl (C=O) groups excluding carboxylic acids is 2. The lowest BCUT2D eigenvalue weighted by Crippen LogP contribution is -2.35. The summed E-state index contributed by atoms with van der Waals surface area (Å²) in [5.74, 6) is -0.703. The standard InChI is InChI=1S/C7H12N4O3/c1-7(2,3)14-6(13)9-4-5(12)10-11-8/h8H,4H2,1-3H3/p+1. The Balaban J connectivity index is 3.86. The Morgan fingerprint density at radius 3 is 2.50 bits per heavy atom. The molecule has 0 unspecified atom stereocenters. The lowest BCUT2D eigenvalue weighted by Gasteiger charge is -2.18. The van der Waals surface area contributed by atoms with Crippen molar-refractivity contribution in [3.05, 3.63) is 0 Å². The predicted molar refractivity (Wildman–Crippen MR) is 46.5 cm³/mol. The van der Waals surface area contributed by atoms with E-state index < -0.39 is 17.6 Å². The van der Waals surface area contributed by atoms with Gasteiger partial charge >= 0.3 is 12.0 Å². The average Bonchev–Trinajstić information content (AvgIpc) is 1.98. The minimum absolute atomic E-state index is 0.322. The molecule has 0 saturated carbocycles.